The van der Waals surface area contributed by atoms with Crippen LogP contribution < -0.4 is 24.2 Å². The van der Waals surface area contributed by atoms with Crippen molar-refractivity contribution in [3.05, 3.63) is 109 Å². The molecule has 0 fully saturated rings. The van der Waals surface area contributed by atoms with E-state index in [-0.39, 0.29) is 33.2 Å². The van der Waals surface area contributed by atoms with E-state index in [2.05, 4.69) is 44.9 Å². The molecule has 0 aliphatic heterocycles. The normalized spacial score (nSPS) is 11.7. The highest BCUT2D eigenvalue weighted by atomic mass is 32.2. The minimum atomic E-state index is -4.09. The van der Waals surface area contributed by atoms with Gasteiger partial charge in [-0.25, -0.2) is 41.2 Å². The lowest BCUT2D eigenvalue weighted by molar-refractivity contribution is 0.342. The lowest BCUT2D eigenvalue weighted by Gasteiger charge is -2.13. The van der Waals surface area contributed by atoms with Gasteiger partial charge in [0.15, 0.2) is 17.3 Å². The van der Waals surface area contributed by atoms with Gasteiger partial charge < -0.3 is 14.8 Å². The van der Waals surface area contributed by atoms with E-state index in [4.69, 9.17) is 14.6 Å². The van der Waals surface area contributed by atoms with Crippen molar-refractivity contribution in [3.8, 4) is 17.3 Å². The van der Waals surface area contributed by atoms with Gasteiger partial charge in [0, 0.05) is 18.1 Å². The van der Waals surface area contributed by atoms with Crippen molar-refractivity contribution in [1.29, 1.82) is 0 Å². The van der Waals surface area contributed by atoms with E-state index in [0.29, 0.717) is 28.6 Å². The van der Waals surface area contributed by atoms with Crippen LogP contribution in [0.3, 0.4) is 0 Å². The zero-order valence-electron chi connectivity index (χ0n) is 27.2. The van der Waals surface area contributed by atoms with Gasteiger partial charge in [0.25, 0.3) is 25.9 Å². The van der Waals surface area contributed by atoms with Crippen LogP contribution in [-0.2, 0) is 20.0 Å². The van der Waals surface area contributed by atoms with Crippen LogP contribution in [0.5, 0.6) is 11.6 Å². The Kier molecular flexibility index (Phi) is 9.82. The molecule has 0 atom stereocenters. The van der Waals surface area contributed by atoms with Crippen LogP contribution in [0.2, 0.25) is 0 Å². The second kappa shape index (κ2) is 14.6. The first-order valence-electron chi connectivity index (χ1n) is 14.9. The summed E-state index contributed by atoms with van der Waals surface area (Å²) in [5, 5.41) is 16.8. The fraction of sp³-hybridized carbons (Fsp3) is 0.0938. The smallest absolute Gasteiger partial charge is 0.264 e. The van der Waals surface area contributed by atoms with E-state index >= 15 is 0 Å². The maximum Gasteiger partial charge on any atom is 0.264 e. The molecule has 0 bridgehead atoms. The van der Waals surface area contributed by atoms with Crippen LogP contribution in [0.1, 0.15) is 5.69 Å². The third-order valence-corrected chi connectivity index (χ3v) is 9.82. The van der Waals surface area contributed by atoms with Crippen molar-refractivity contribution in [2.45, 2.75) is 16.7 Å². The Labute approximate surface area is 292 Å². The number of ether oxygens (including phenoxy) is 2. The number of aromatic nitrogens is 6. The summed E-state index contributed by atoms with van der Waals surface area (Å²) < 4.78 is 68.8. The van der Waals surface area contributed by atoms with Crippen molar-refractivity contribution in [1.82, 2.24) is 29.7 Å². The Morgan fingerprint density at radius 1 is 0.686 bits per heavy atom. The Morgan fingerprint density at radius 2 is 1.33 bits per heavy atom. The fourth-order valence-corrected chi connectivity index (χ4v) is 6.62. The highest BCUT2D eigenvalue weighted by Crippen LogP contribution is 2.35. The number of nitrogens with one attached hydrogen (secondary N) is 3. The van der Waals surface area contributed by atoms with Crippen molar-refractivity contribution in [2.24, 2.45) is 10.2 Å². The predicted molar refractivity (Wildman–Crippen MR) is 187 cm³/mol. The first-order chi connectivity index (χ1) is 24.6. The molecule has 260 valence electrons. The van der Waals surface area contributed by atoms with Crippen LogP contribution in [0.15, 0.2) is 124 Å². The van der Waals surface area contributed by atoms with E-state index in [1.807, 2.05) is 30.3 Å². The zero-order chi connectivity index (χ0) is 36.0. The SMILES string of the molecule is COc1ncnc(NS(=O)(=O)c2ccc(-n3nc(Nc4ccccc4)c(N=Nc4ccc(S(=O)(=O)Nc5ncccn5)cc4)c3C)cc2)c1OC. The molecule has 6 aromatic rings. The molecule has 0 aliphatic rings. The Morgan fingerprint density at radius 3 is 1.98 bits per heavy atom. The quantitative estimate of drug-likeness (QED) is 0.125. The summed E-state index contributed by atoms with van der Waals surface area (Å²) in [4.78, 5) is 15.6. The molecule has 3 N–H and O–H groups in total. The molecule has 3 aromatic heterocycles. The molecule has 0 saturated carbocycles. The summed E-state index contributed by atoms with van der Waals surface area (Å²) in [5.41, 5.74) is 2.63. The van der Waals surface area contributed by atoms with Crippen LogP contribution in [0.4, 0.5) is 34.6 Å². The van der Waals surface area contributed by atoms with E-state index in [1.165, 1.54) is 63.0 Å². The minimum Gasteiger partial charge on any atom is -0.489 e. The van der Waals surface area contributed by atoms with E-state index in [0.717, 1.165) is 12.0 Å². The van der Waals surface area contributed by atoms with Gasteiger partial charge in [-0.1, -0.05) is 18.2 Å². The number of azo groups is 1. The molecule has 17 nitrogen and oxygen atoms in total. The number of anilines is 4. The van der Waals surface area contributed by atoms with Gasteiger partial charge in [-0.05, 0) is 73.7 Å². The topological polar surface area (TPSA) is 217 Å². The maximum atomic E-state index is 13.3. The molecule has 0 spiro atoms. The summed E-state index contributed by atoms with van der Waals surface area (Å²) in [7, 11) is -5.30. The van der Waals surface area contributed by atoms with Crippen molar-refractivity contribution >= 4 is 54.7 Å². The molecule has 3 heterocycles. The number of benzene rings is 3. The number of nitrogens with zero attached hydrogens (tertiary/aromatic N) is 8. The summed E-state index contributed by atoms with van der Waals surface area (Å²) in [6, 6.07) is 22.7. The highest BCUT2D eigenvalue weighted by Gasteiger charge is 2.22. The summed E-state index contributed by atoms with van der Waals surface area (Å²) >= 11 is 0. The second-order valence-electron chi connectivity index (χ2n) is 10.4. The first kappa shape index (κ1) is 34.4. The third-order valence-electron chi connectivity index (χ3n) is 7.12. The second-order valence-corrected chi connectivity index (χ2v) is 13.8. The minimum absolute atomic E-state index is 0.0131. The molecule has 6 rings (SSSR count). The lowest BCUT2D eigenvalue weighted by Crippen LogP contribution is -2.15. The molecule has 51 heavy (non-hydrogen) atoms. The first-order valence-corrected chi connectivity index (χ1v) is 17.8. The largest absolute Gasteiger partial charge is 0.489 e. The van der Waals surface area contributed by atoms with Crippen LogP contribution in [-0.4, -0.2) is 60.8 Å². The molecule has 0 radical (unpaired) electrons. The highest BCUT2D eigenvalue weighted by molar-refractivity contribution is 7.93. The van der Waals surface area contributed by atoms with Crippen LogP contribution >= 0.6 is 0 Å². The number of para-hydroxylation sites is 1. The van der Waals surface area contributed by atoms with Gasteiger partial charge in [0.2, 0.25) is 11.7 Å². The van der Waals surface area contributed by atoms with Crippen LogP contribution in [0.25, 0.3) is 5.69 Å². The summed E-state index contributed by atoms with van der Waals surface area (Å²) in [6.45, 7) is 1.78. The lowest BCUT2D eigenvalue weighted by atomic mass is 10.3. The van der Waals surface area contributed by atoms with E-state index in [9.17, 15) is 16.8 Å². The third kappa shape index (κ3) is 7.73. The Bertz CT molecular complexity index is 2390. The number of methoxy groups -OCH3 is 2. The van der Waals surface area contributed by atoms with E-state index < -0.39 is 20.0 Å². The Balaban J connectivity index is 1.27. The molecular weight excluding hydrogens is 699 g/mol. The van der Waals surface area contributed by atoms with Crippen molar-refractivity contribution in [3.63, 3.8) is 0 Å². The molecule has 0 unspecified atom stereocenters. The molecule has 0 aliphatic carbocycles. The monoisotopic (exact) mass is 727 g/mol. The maximum absolute atomic E-state index is 13.3. The standard InChI is InChI=1S/C32H29N11O6S2/c1-21-27(39-38-23-10-14-25(15-11-23)51(46,47)42-32-33-18-7-19-34-32)29(37-22-8-5-4-6-9-22)40-43(21)24-12-16-26(17-13-24)50(44,45)41-30-28(48-2)31(49-3)36-20-35-30/h4-20H,1-3H3,(H,37,40)(H,33,34,42)(H,35,36,41). The molecular formula is C32H29N11O6S2. The number of rotatable bonds is 13. The molecule has 3 aromatic carbocycles. The number of hydrogen-bond donors (Lipinski definition) is 3. The number of sulfonamides is 2. The van der Waals surface area contributed by atoms with Crippen molar-refractivity contribution in [2.75, 3.05) is 29.0 Å². The van der Waals surface area contributed by atoms with Gasteiger partial charge in [-0.15, -0.1) is 10.2 Å². The zero-order valence-corrected chi connectivity index (χ0v) is 28.8. The van der Waals surface area contributed by atoms with Gasteiger partial charge >= 0.3 is 0 Å². The van der Waals surface area contributed by atoms with Gasteiger partial charge in [-0.3, -0.25) is 4.72 Å². The molecule has 0 amide bonds. The molecule has 0 saturated heterocycles. The number of hydrogen-bond acceptors (Lipinski definition) is 14. The van der Waals surface area contributed by atoms with Crippen LogP contribution in [0, 0.1) is 6.92 Å². The van der Waals surface area contributed by atoms with E-state index in [1.54, 1.807) is 29.8 Å². The fourth-order valence-electron chi connectivity index (χ4n) is 4.65. The average Bonchev–Trinajstić information content (AvgIpc) is 3.45. The Hall–Kier alpha value is -6.47. The van der Waals surface area contributed by atoms with Gasteiger partial charge in [-0.2, -0.15) is 10.1 Å². The molecule has 19 heteroatoms. The van der Waals surface area contributed by atoms with Gasteiger partial charge in [0.05, 0.1) is 41.1 Å². The summed E-state index contributed by atoms with van der Waals surface area (Å²) in [5.74, 6) is 0.335. The predicted octanol–water partition coefficient (Wildman–Crippen LogP) is 5.54. The van der Waals surface area contributed by atoms with Crippen molar-refractivity contribution < 1.29 is 26.3 Å². The average molecular weight is 728 g/mol. The summed E-state index contributed by atoms with van der Waals surface area (Å²) in [6.07, 6.45) is 4.00. The van der Waals surface area contributed by atoms with Gasteiger partial charge in [0.1, 0.15) is 6.33 Å².